The molecule has 2 aliphatic heterocycles. The van der Waals surface area contributed by atoms with Gasteiger partial charge in [-0.2, -0.15) is 4.31 Å². The SMILES string of the molecule is CC(=O)N1CCN(C(=O)c2ccc(Cl)c(S(=O)(=O)N3C[C@H](C)O[C@@H](C)C3)c2)CC1. The monoisotopic (exact) mass is 443 g/mol. The normalized spacial score (nSPS) is 23.9. The average molecular weight is 444 g/mol. The first-order chi connectivity index (χ1) is 13.6. The van der Waals surface area contributed by atoms with E-state index in [2.05, 4.69) is 0 Å². The highest BCUT2D eigenvalue weighted by molar-refractivity contribution is 7.89. The summed E-state index contributed by atoms with van der Waals surface area (Å²) in [5.74, 6) is -0.295. The fraction of sp³-hybridized carbons (Fsp3) is 0.579. The number of hydrogen-bond donors (Lipinski definition) is 0. The Morgan fingerprint density at radius 1 is 1.03 bits per heavy atom. The Bertz CT molecular complexity index is 889. The third kappa shape index (κ3) is 4.74. The van der Waals surface area contributed by atoms with Crippen LogP contribution in [0.1, 0.15) is 31.1 Å². The quantitative estimate of drug-likeness (QED) is 0.705. The van der Waals surface area contributed by atoms with Crippen molar-refractivity contribution in [2.45, 2.75) is 37.9 Å². The van der Waals surface area contributed by atoms with Gasteiger partial charge in [-0.15, -0.1) is 0 Å². The van der Waals surface area contributed by atoms with Gasteiger partial charge in [0.2, 0.25) is 15.9 Å². The first kappa shape index (κ1) is 22.0. The van der Waals surface area contributed by atoms with E-state index >= 15 is 0 Å². The Morgan fingerprint density at radius 2 is 1.59 bits per heavy atom. The van der Waals surface area contributed by atoms with E-state index < -0.39 is 10.0 Å². The topological polar surface area (TPSA) is 87.2 Å². The molecular formula is C19H26ClN3O5S. The molecule has 2 aliphatic rings. The lowest BCUT2D eigenvalue weighted by atomic mass is 10.2. The molecule has 0 unspecified atom stereocenters. The van der Waals surface area contributed by atoms with E-state index in [1.54, 1.807) is 9.80 Å². The van der Waals surface area contributed by atoms with Gasteiger partial charge < -0.3 is 14.5 Å². The Morgan fingerprint density at radius 3 is 2.14 bits per heavy atom. The smallest absolute Gasteiger partial charge is 0.254 e. The van der Waals surface area contributed by atoms with E-state index in [4.69, 9.17) is 16.3 Å². The van der Waals surface area contributed by atoms with Crippen LogP contribution in [0, 0.1) is 0 Å². The molecule has 2 saturated heterocycles. The number of ether oxygens (including phenoxy) is 1. The van der Waals surface area contributed by atoms with Crippen molar-refractivity contribution >= 4 is 33.4 Å². The fourth-order valence-corrected chi connectivity index (χ4v) is 5.80. The minimum absolute atomic E-state index is 0.0223. The van der Waals surface area contributed by atoms with Gasteiger partial charge in [0.25, 0.3) is 5.91 Å². The van der Waals surface area contributed by atoms with Crippen molar-refractivity contribution in [3.63, 3.8) is 0 Å². The number of halogens is 1. The minimum atomic E-state index is -3.87. The molecule has 0 N–H and O–H groups in total. The molecule has 29 heavy (non-hydrogen) atoms. The zero-order chi connectivity index (χ0) is 21.3. The molecule has 2 heterocycles. The van der Waals surface area contributed by atoms with Crippen molar-refractivity contribution in [2.75, 3.05) is 39.3 Å². The molecule has 1 aromatic rings. The van der Waals surface area contributed by atoms with Gasteiger partial charge in [0.1, 0.15) is 4.90 Å². The van der Waals surface area contributed by atoms with Crippen LogP contribution in [0.4, 0.5) is 0 Å². The van der Waals surface area contributed by atoms with Gasteiger partial charge in [-0.25, -0.2) is 8.42 Å². The first-order valence-electron chi connectivity index (χ1n) is 9.59. The van der Waals surface area contributed by atoms with Crippen LogP contribution < -0.4 is 0 Å². The van der Waals surface area contributed by atoms with Crippen LogP contribution in [0.5, 0.6) is 0 Å². The van der Waals surface area contributed by atoms with Crippen LogP contribution in [0.3, 0.4) is 0 Å². The van der Waals surface area contributed by atoms with Crippen LogP contribution >= 0.6 is 11.6 Å². The number of morpholine rings is 1. The second-order valence-electron chi connectivity index (χ2n) is 7.52. The van der Waals surface area contributed by atoms with Crippen LogP contribution in [-0.2, 0) is 19.6 Å². The molecule has 2 amide bonds. The Kier molecular flexibility index (Phi) is 6.52. The Hall–Kier alpha value is -1.68. The number of amides is 2. The summed E-state index contributed by atoms with van der Waals surface area (Å²) in [6.07, 6.45) is -0.454. The van der Waals surface area contributed by atoms with Gasteiger partial charge in [-0.3, -0.25) is 9.59 Å². The van der Waals surface area contributed by atoms with E-state index in [1.165, 1.54) is 29.4 Å². The highest BCUT2D eigenvalue weighted by Gasteiger charge is 2.34. The summed E-state index contributed by atoms with van der Waals surface area (Å²) in [6.45, 7) is 7.33. The van der Waals surface area contributed by atoms with Gasteiger partial charge >= 0.3 is 0 Å². The molecule has 0 bridgehead atoms. The highest BCUT2D eigenvalue weighted by atomic mass is 35.5. The lowest BCUT2D eigenvalue weighted by molar-refractivity contribution is -0.130. The molecule has 8 nitrogen and oxygen atoms in total. The van der Waals surface area contributed by atoms with E-state index in [1.807, 2.05) is 13.8 Å². The molecule has 1 aromatic carbocycles. The van der Waals surface area contributed by atoms with Crippen molar-refractivity contribution < 1.29 is 22.7 Å². The largest absolute Gasteiger partial charge is 0.373 e. The molecule has 10 heteroatoms. The first-order valence-corrected chi connectivity index (χ1v) is 11.4. The zero-order valence-corrected chi connectivity index (χ0v) is 18.4. The third-order valence-electron chi connectivity index (χ3n) is 5.19. The van der Waals surface area contributed by atoms with Gasteiger partial charge in [0, 0.05) is 51.8 Å². The van der Waals surface area contributed by atoms with Gasteiger partial charge in [-0.05, 0) is 32.0 Å². The number of sulfonamides is 1. The second kappa shape index (κ2) is 8.59. The van der Waals surface area contributed by atoms with E-state index in [0.29, 0.717) is 26.2 Å². The molecule has 2 atom stereocenters. The second-order valence-corrected chi connectivity index (χ2v) is 9.84. The molecular weight excluding hydrogens is 418 g/mol. The number of rotatable bonds is 3. The molecule has 0 aliphatic carbocycles. The van der Waals surface area contributed by atoms with Crippen molar-refractivity contribution in [1.29, 1.82) is 0 Å². The molecule has 0 spiro atoms. The molecule has 2 fully saturated rings. The number of carbonyl (C=O) groups excluding carboxylic acids is 2. The summed E-state index contributed by atoms with van der Waals surface area (Å²) in [5, 5.41) is 0.0785. The molecule has 0 radical (unpaired) electrons. The standard InChI is InChI=1S/C19H26ClN3O5S/c1-13-11-23(12-14(2)28-13)29(26,27)18-10-16(4-5-17(18)20)19(25)22-8-6-21(7-9-22)15(3)24/h4-5,10,13-14H,6-9,11-12H2,1-3H3/t13-,14-/m0/s1. The summed E-state index contributed by atoms with van der Waals surface area (Å²) in [5.41, 5.74) is 0.263. The lowest BCUT2D eigenvalue weighted by Crippen LogP contribution is -2.50. The molecule has 0 aromatic heterocycles. The maximum Gasteiger partial charge on any atom is 0.254 e. The number of carbonyl (C=O) groups is 2. The van der Waals surface area contributed by atoms with Crippen LogP contribution in [0.25, 0.3) is 0 Å². The lowest BCUT2D eigenvalue weighted by Gasteiger charge is -2.35. The summed E-state index contributed by atoms with van der Waals surface area (Å²) in [4.78, 5) is 27.6. The summed E-state index contributed by atoms with van der Waals surface area (Å²) in [6, 6.07) is 4.33. The fourth-order valence-electron chi connectivity index (χ4n) is 3.71. The minimum Gasteiger partial charge on any atom is -0.373 e. The Balaban J connectivity index is 1.83. The van der Waals surface area contributed by atoms with E-state index in [9.17, 15) is 18.0 Å². The van der Waals surface area contributed by atoms with Crippen LogP contribution in [-0.4, -0.2) is 85.8 Å². The zero-order valence-electron chi connectivity index (χ0n) is 16.8. The van der Waals surface area contributed by atoms with Crippen LogP contribution in [0.2, 0.25) is 5.02 Å². The molecule has 3 rings (SSSR count). The number of hydrogen-bond acceptors (Lipinski definition) is 5. The highest BCUT2D eigenvalue weighted by Crippen LogP contribution is 2.28. The van der Waals surface area contributed by atoms with E-state index in [0.717, 1.165) is 0 Å². The maximum atomic E-state index is 13.2. The van der Waals surface area contributed by atoms with Crippen molar-refractivity contribution in [1.82, 2.24) is 14.1 Å². The van der Waals surface area contributed by atoms with Crippen molar-refractivity contribution in [3.05, 3.63) is 28.8 Å². The summed E-state index contributed by atoms with van der Waals surface area (Å²) >= 11 is 6.21. The van der Waals surface area contributed by atoms with E-state index in [-0.39, 0.29) is 52.6 Å². The Labute approximate surface area is 176 Å². The van der Waals surface area contributed by atoms with Gasteiger partial charge in [0.15, 0.2) is 0 Å². The van der Waals surface area contributed by atoms with Gasteiger partial charge in [-0.1, -0.05) is 11.6 Å². The number of nitrogens with zero attached hydrogens (tertiary/aromatic N) is 3. The number of benzene rings is 1. The van der Waals surface area contributed by atoms with Crippen molar-refractivity contribution in [2.24, 2.45) is 0 Å². The van der Waals surface area contributed by atoms with Crippen molar-refractivity contribution in [3.8, 4) is 0 Å². The number of piperazine rings is 1. The molecule has 160 valence electrons. The third-order valence-corrected chi connectivity index (χ3v) is 7.51. The molecule has 0 saturated carbocycles. The van der Waals surface area contributed by atoms with Gasteiger partial charge in [0.05, 0.1) is 17.2 Å². The van der Waals surface area contributed by atoms with Crippen LogP contribution in [0.15, 0.2) is 23.1 Å². The average Bonchev–Trinajstić information content (AvgIpc) is 2.67. The predicted molar refractivity (Wildman–Crippen MR) is 108 cm³/mol. The summed E-state index contributed by atoms with van der Waals surface area (Å²) < 4.78 is 33.3. The summed E-state index contributed by atoms with van der Waals surface area (Å²) in [7, 11) is -3.87. The maximum absolute atomic E-state index is 13.2. The predicted octanol–water partition coefficient (Wildman–Crippen LogP) is 1.44.